The molecule has 0 radical (unpaired) electrons. The third kappa shape index (κ3) is 5.62. The van der Waals surface area contributed by atoms with Crippen LogP contribution in [0.1, 0.15) is 12.5 Å². The van der Waals surface area contributed by atoms with Crippen molar-refractivity contribution in [2.45, 2.75) is 6.92 Å². The summed E-state index contributed by atoms with van der Waals surface area (Å²) < 4.78 is 15.7. The van der Waals surface area contributed by atoms with E-state index in [-0.39, 0.29) is 0 Å². The van der Waals surface area contributed by atoms with Crippen molar-refractivity contribution in [1.29, 1.82) is 0 Å². The zero-order valence-corrected chi connectivity index (χ0v) is 16.4. The van der Waals surface area contributed by atoms with Gasteiger partial charge in [0.1, 0.15) is 5.75 Å². The molecule has 0 unspecified atom stereocenters. The molecule has 0 aliphatic carbocycles. The molecule has 0 saturated carbocycles. The summed E-state index contributed by atoms with van der Waals surface area (Å²) in [6.07, 6.45) is 1.34. The number of anilines is 1. The summed E-state index contributed by atoms with van der Waals surface area (Å²) in [5, 5.41) is 6.55. The lowest BCUT2D eigenvalue weighted by molar-refractivity contribution is -0.136. The fourth-order valence-corrected chi connectivity index (χ4v) is 2.52. The number of hydrazone groups is 1. The Kier molecular flexibility index (Phi) is 7.65. The van der Waals surface area contributed by atoms with Crippen molar-refractivity contribution in [2.24, 2.45) is 5.10 Å². The molecule has 2 aromatic rings. The van der Waals surface area contributed by atoms with Gasteiger partial charge in [0, 0.05) is 11.8 Å². The van der Waals surface area contributed by atoms with Crippen LogP contribution in [0.3, 0.4) is 0 Å². The number of benzene rings is 2. The number of hydrogen-bond acceptors (Lipinski definition) is 6. The molecular formula is C19H20ClN3O5. The van der Waals surface area contributed by atoms with E-state index in [2.05, 4.69) is 15.8 Å². The van der Waals surface area contributed by atoms with Crippen LogP contribution in [0.15, 0.2) is 41.5 Å². The predicted octanol–water partition coefficient (Wildman–Crippen LogP) is 2.84. The topological polar surface area (TPSA) is 98.2 Å². The van der Waals surface area contributed by atoms with Gasteiger partial charge >= 0.3 is 11.8 Å². The monoisotopic (exact) mass is 405 g/mol. The molecule has 0 heterocycles. The highest BCUT2D eigenvalue weighted by Crippen LogP contribution is 2.35. The molecule has 2 N–H and O–H groups in total. The molecule has 0 spiro atoms. The molecule has 2 rings (SSSR count). The minimum Gasteiger partial charge on any atom is -0.497 e. The second-order valence-electron chi connectivity index (χ2n) is 5.35. The number of ether oxygens (including phenoxy) is 3. The number of nitrogens with zero attached hydrogens (tertiary/aromatic N) is 1. The summed E-state index contributed by atoms with van der Waals surface area (Å²) in [5.41, 5.74) is 3.13. The molecule has 8 nitrogen and oxygen atoms in total. The van der Waals surface area contributed by atoms with E-state index in [1.165, 1.54) is 20.4 Å². The normalized spacial score (nSPS) is 10.4. The van der Waals surface area contributed by atoms with Crippen LogP contribution in [0.4, 0.5) is 5.69 Å². The molecule has 2 aromatic carbocycles. The van der Waals surface area contributed by atoms with Crippen LogP contribution in [0.5, 0.6) is 17.2 Å². The number of carbonyl (C=O) groups is 2. The van der Waals surface area contributed by atoms with Crippen LogP contribution in [-0.4, -0.2) is 38.9 Å². The minimum absolute atomic E-state index is 0.331. The lowest BCUT2D eigenvalue weighted by atomic mass is 10.2. The standard InChI is InChI=1S/C19H20ClN3O5/c1-4-28-16-9-12(8-15(20)17(16)27-3)11-21-23-19(25)18(24)22-13-6-5-7-14(10-13)26-2/h5-11H,4H2,1-3H3,(H,22,24)(H,23,25)/b21-11-. The highest BCUT2D eigenvalue weighted by atomic mass is 35.5. The molecule has 0 aromatic heterocycles. The largest absolute Gasteiger partial charge is 0.497 e. The van der Waals surface area contributed by atoms with Crippen molar-refractivity contribution < 1.29 is 23.8 Å². The average molecular weight is 406 g/mol. The number of hydrogen-bond donors (Lipinski definition) is 2. The fourth-order valence-electron chi connectivity index (χ4n) is 2.23. The van der Waals surface area contributed by atoms with E-state index in [0.29, 0.717) is 40.1 Å². The Morgan fingerprint density at radius 1 is 1.14 bits per heavy atom. The van der Waals surface area contributed by atoms with E-state index in [1.54, 1.807) is 36.4 Å². The second kappa shape index (κ2) is 10.2. The Balaban J connectivity index is 2.01. The number of carbonyl (C=O) groups excluding carboxylic acids is 2. The first kappa shape index (κ1) is 21.0. The van der Waals surface area contributed by atoms with Crippen molar-refractivity contribution in [2.75, 3.05) is 26.1 Å². The highest BCUT2D eigenvalue weighted by Gasteiger charge is 2.14. The maximum absolute atomic E-state index is 11.9. The van der Waals surface area contributed by atoms with Gasteiger partial charge in [-0.05, 0) is 36.8 Å². The van der Waals surface area contributed by atoms with Gasteiger partial charge in [-0.3, -0.25) is 9.59 Å². The van der Waals surface area contributed by atoms with Gasteiger partial charge in [-0.2, -0.15) is 5.10 Å². The molecule has 0 aliphatic rings. The van der Waals surface area contributed by atoms with Gasteiger partial charge in [-0.1, -0.05) is 17.7 Å². The lowest BCUT2D eigenvalue weighted by Gasteiger charge is -2.11. The molecule has 0 aliphatic heterocycles. The predicted molar refractivity (Wildman–Crippen MR) is 107 cm³/mol. The minimum atomic E-state index is -0.927. The summed E-state index contributed by atoms with van der Waals surface area (Å²) in [6.45, 7) is 2.25. The average Bonchev–Trinajstić information content (AvgIpc) is 2.68. The van der Waals surface area contributed by atoms with Gasteiger partial charge in [0.25, 0.3) is 0 Å². The van der Waals surface area contributed by atoms with E-state index in [0.717, 1.165) is 0 Å². The number of rotatable bonds is 7. The third-order valence-electron chi connectivity index (χ3n) is 3.45. The van der Waals surface area contributed by atoms with E-state index in [1.807, 2.05) is 6.92 Å². The number of amides is 2. The van der Waals surface area contributed by atoms with E-state index < -0.39 is 11.8 Å². The molecule has 28 heavy (non-hydrogen) atoms. The molecule has 0 saturated heterocycles. The van der Waals surface area contributed by atoms with Crippen LogP contribution < -0.4 is 25.0 Å². The first-order chi connectivity index (χ1) is 13.5. The van der Waals surface area contributed by atoms with Crippen LogP contribution >= 0.6 is 11.6 Å². The van der Waals surface area contributed by atoms with E-state index in [9.17, 15) is 9.59 Å². The molecule has 0 bridgehead atoms. The smallest absolute Gasteiger partial charge is 0.329 e. The molecule has 0 atom stereocenters. The summed E-state index contributed by atoms with van der Waals surface area (Å²) in [6, 6.07) is 9.87. The van der Waals surface area contributed by atoms with Crippen molar-refractivity contribution in [1.82, 2.24) is 5.43 Å². The molecule has 148 valence electrons. The Morgan fingerprint density at radius 3 is 2.61 bits per heavy atom. The molecule has 0 fully saturated rings. The van der Waals surface area contributed by atoms with E-state index >= 15 is 0 Å². The van der Waals surface area contributed by atoms with Gasteiger partial charge in [0.15, 0.2) is 11.5 Å². The SMILES string of the molecule is CCOc1cc(/C=N\NC(=O)C(=O)Nc2cccc(OC)c2)cc(Cl)c1OC. The van der Waals surface area contributed by atoms with Gasteiger partial charge in [-0.25, -0.2) is 5.43 Å². The zero-order valence-electron chi connectivity index (χ0n) is 15.6. The zero-order chi connectivity index (χ0) is 20.5. The van der Waals surface area contributed by atoms with Crippen LogP contribution in [0, 0.1) is 0 Å². The maximum Gasteiger partial charge on any atom is 0.329 e. The van der Waals surface area contributed by atoms with E-state index in [4.69, 9.17) is 25.8 Å². The van der Waals surface area contributed by atoms with Crippen LogP contribution in [-0.2, 0) is 9.59 Å². The Labute approximate surface area is 167 Å². The van der Waals surface area contributed by atoms with Crippen LogP contribution in [0.25, 0.3) is 0 Å². The Morgan fingerprint density at radius 2 is 1.93 bits per heavy atom. The maximum atomic E-state index is 11.9. The third-order valence-corrected chi connectivity index (χ3v) is 3.73. The lowest BCUT2D eigenvalue weighted by Crippen LogP contribution is -2.32. The summed E-state index contributed by atoms with van der Waals surface area (Å²) >= 11 is 6.15. The first-order valence-electron chi connectivity index (χ1n) is 8.27. The number of methoxy groups -OCH3 is 2. The Bertz CT molecular complexity index is 886. The van der Waals surface area contributed by atoms with Crippen molar-refractivity contribution >= 4 is 35.3 Å². The van der Waals surface area contributed by atoms with Gasteiger partial charge in [-0.15, -0.1) is 0 Å². The Hall–Kier alpha value is -3.26. The summed E-state index contributed by atoms with van der Waals surface area (Å²) in [7, 11) is 2.99. The van der Waals surface area contributed by atoms with Gasteiger partial charge < -0.3 is 19.5 Å². The summed E-state index contributed by atoms with van der Waals surface area (Å²) in [5.74, 6) is -0.391. The molecular weight excluding hydrogens is 386 g/mol. The van der Waals surface area contributed by atoms with Gasteiger partial charge in [0.2, 0.25) is 0 Å². The second-order valence-corrected chi connectivity index (χ2v) is 5.76. The van der Waals surface area contributed by atoms with Gasteiger partial charge in [0.05, 0.1) is 32.1 Å². The summed E-state index contributed by atoms with van der Waals surface area (Å²) in [4.78, 5) is 23.8. The molecule has 2 amide bonds. The van der Waals surface area contributed by atoms with Crippen molar-refractivity contribution in [3.63, 3.8) is 0 Å². The quantitative estimate of drug-likeness (QED) is 0.419. The van der Waals surface area contributed by atoms with Crippen LogP contribution in [0.2, 0.25) is 5.02 Å². The van der Waals surface area contributed by atoms with Crippen molar-refractivity contribution in [3.8, 4) is 17.2 Å². The number of halogens is 1. The van der Waals surface area contributed by atoms with Crippen molar-refractivity contribution in [3.05, 3.63) is 47.0 Å². The number of nitrogens with one attached hydrogen (secondary N) is 2. The highest BCUT2D eigenvalue weighted by molar-refractivity contribution is 6.39. The molecule has 9 heteroatoms. The first-order valence-corrected chi connectivity index (χ1v) is 8.65. The fraction of sp³-hybridized carbons (Fsp3) is 0.211.